The molecule has 0 aliphatic heterocycles. The first-order valence-electron chi connectivity index (χ1n) is 5.51. The van der Waals surface area contributed by atoms with Crippen molar-refractivity contribution in [3.8, 4) is 0 Å². The van der Waals surface area contributed by atoms with Crippen molar-refractivity contribution in [2.24, 2.45) is 7.05 Å². The minimum Gasteiger partial charge on any atom is -0.399 e. The lowest BCUT2D eigenvalue weighted by Crippen LogP contribution is -2.15. The van der Waals surface area contributed by atoms with Crippen molar-refractivity contribution >= 4 is 29.0 Å². The van der Waals surface area contributed by atoms with Crippen LogP contribution in [0.4, 0.5) is 15.8 Å². The molecule has 0 atom stereocenters. The van der Waals surface area contributed by atoms with E-state index >= 15 is 0 Å². The van der Waals surface area contributed by atoms with Gasteiger partial charge < -0.3 is 11.1 Å². The predicted octanol–water partition coefficient (Wildman–Crippen LogP) is 1.87. The molecule has 0 aliphatic rings. The summed E-state index contributed by atoms with van der Waals surface area (Å²) in [5.41, 5.74) is 6.03. The van der Waals surface area contributed by atoms with Crippen molar-refractivity contribution in [3.05, 3.63) is 36.4 Å². The third-order valence-corrected chi connectivity index (χ3v) is 3.27. The molecule has 0 bridgehead atoms. The molecule has 2 aromatic rings. The maximum atomic E-state index is 13.4. The molecule has 0 aliphatic carbocycles. The van der Waals surface area contributed by atoms with Gasteiger partial charge in [-0.2, -0.15) is 5.10 Å². The van der Waals surface area contributed by atoms with Crippen LogP contribution in [0.15, 0.2) is 35.5 Å². The summed E-state index contributed by atoms with van der Waals surface area (Å²) in [5.74, 6) is -0.618. The van der Waals surface area contributed by atoms with E-state index in [1.165, 1.54) is 30.0 Å². The zero-order valence-electron chi connectivity index (χ0n) is 10.3. The number of halogens is 1. The van der Waals surface area contributed by atoms with Gasteiger partial charge >= 0.3 is 0 Å². The van der Waals surface area contributed by atoms with Crippen LogP contribution >= 0.6 is 11.8 Å². The van der Waals surface area contributed by atoms with Crippen molar-refractivity contribution in [2.45, 2.75) is 4.90 Å². The van der Waals surface area contributed by atoms with E-state index in [2.05, 4.69) is 10.4 Å². The number of anilines is 2. The largest absolute Gasteiger partial charge is 0.399 e. The average molecular weight is 280 g/mol. The second-order valence-corrected chi connectivity index (χ2v) is 4.97. The van der Waals surface area contributed by atoms with Gasteiger partial charge in [0.1, 0.15) is 5.82 Å². The summed E-state index contributed by atoms with van der Waals surface area (Å²) in [4.78, 5) is 12.6. The van der Waals surface area contributed by atoms with E-state index in [1.807, 2.05) is 0 Å². The number of aromatic nitrogens is 2. The molecule has 100 valence electrons. The number of benzene rings is 1. The Morgan fingerprint density at radius 2 is 2.37 bits per heavy atom. The number of thioether (sulfide) groups is 1. The maximum Gasteiger partial charge on any atom is 0.234 e. The van der Waals surface area contributed by atoms with Crippen molar-refractivity contribution in [2.75, 3.05) is 16.8 Å². The molecule has 7 heteroatoms. The zero-order valence-corrected chi connectivity index (χ0v) is 11.1. The number of nitrogens with zero attached hydrogens (tertiary/aromatic N) is 2. The number of amides is 1. The molecule has 0 saturated carbocycles. The first-order chi connectivity index (χ1) is 9.04. The molecule has 5 nitrogen and oxygen atoms in total. The van der Waals surface area contributed by atoms with E-state index in [4.69, 9.17) is 5.73 Å². The van der Waals surface area contributed by atoms with Crippen LogP contribution in [0.3, 0.4) is 0 Å². The van der Waals surface area contributed by atoms with Crippen LogP contribution < -0.4 is 11.1 Å². The Hall–Kier alpha value is -2.02. The summed E-state index contributed by atoms with van der Waals surface area (Å²) in [6, 6.07) is 4.05. The normalized spacial score (nSPS) is 10.4. The van der Waals surface area contributed by atoms with Gasteiger partial charge in [0, 0.05) is 23.8 Å². The standard InChI is InChI=1S/C12H13FN4OS/c1-17-6-9(5-15-17)19-7-12(18)16-11-4-8(14)2-3-10(11)13/h2-6H,7,14H2,1H3,(H,16,18). The third kappa shape index (κ3) is 3.72. The summed E-state index contributed by atoms with van der Waals surface area (Å²) in [6.45, 7) is 0. The minimum atomic E-state index is -0.506. The molecule has 19 heavy (non-hydrogen) atoms. The van der Waals surface area contributed by atoms with Crippen LogP contribution in [0, 0.1) is 5.82 Å². The molecule has 1 aromatic carbocycles. The monoisotopic (exact) mass is 280 g/mol. The van der Waals surface area contributed by atoms with Crippen LogP contribution in [-0.4, -0.2) is 21.4 Å². The lowest BCUT2D eigenvalue weighted by Gasteiger charge is -2.06. The topological polar surface area (TPSA) is 72.9 Å². The molecule has 3 N–H and O–H groups in total. The first-order valence-corrected chi connectivity index (χ1v) is 6.49. The molecule has 0 spiro atoms. The summed E-state index contributed by atoms with van der Waals surface area (Å²) < 4.78 is 15.1. The van der Waals surface area contributed by atoms with E-state index in [0.717, 1.165) is 4.90 Å². The fraction of sp³-hybridized carbons (Fsp3) is 0.167. The van der Waals surface area contributed by atoms with Crippen LogP contribution in [-0.2, 0) is 11.8 Å². The van der Waals surface area contributed by atoms with Gasteiger partial charge in [-0.15, -0.1) is 11.8 Å². The number of rotatable bonds is 4. The van der Waals surface area contributed by atoms with E-state index in [1.54, 1.807) is 24.1 Å². The maximum absolute atomic E-state index is 13.4. The van der Waals surface area contributed by atoms with Crippen LogP contribution in [0.1, 0.15) is 0 Å². The number of nitrogens with two attached hydrogens (primary N) is 1. The molecule has 1 heterocycles. The molecule has 0 unspecified atom stereocenters. The van der Waals surface area contributed by atoms with Gasteiger partial charge in [-0.25, -0.2) is 4.39 Å². The summed E-state index contributed by atoms with van der Waals surface area (Å²) in [5, 5.41) is 6.48. The van der Waals surface area contributed by atoms with Crippen molar-refractivity contribution in [1.82, 2.24) is 9.78 Å². The van der Waals surface area contributed by atoms with Crippen molar-refractivity contribution in [1.29, 1.82) is 0 Å². The summed E-state index contributed by atoms with van der Waals surface area (Å²) in [6.07, 6.45) is 3.47. The fourth-order valence-corrected chi connectivity index (χ4v) is 2.17. The summed E-state index contributed by atoms with van der Waals surface area (Å²) in [7, 11) is 1.80. The van der Waals surface area contributed by atoms with Gasteiger partial charge in [-0.3, -0.25) is 9.48 Å². The Morgan fingerprint density at radius 1 is 1.58 bits per heavy atom. The van der Waals surface area contributed by atoms with Gasteiger partial charge in [0.05, 0.1) is 17.6 Å². The number of hydrogen-bond acceptors (Lipinski definition) is 4. The average Bonchev–Trinajstić information content (AvgIpc) is 2.77. The fourth-order valence-electron chi connectivity index (χ4n) is 1.45. The Bertz CT molecular complexity index is 599. The van der Waals surface area contributed by atoms with Gasteiger partial charge in [0.2, 0.25) is 5.91 Å². The number of hydrogen-bond donors (Lipinski definition) is 2. The van der Waals surface area contributed by atoms with E-state index < -0.39 is 5.82 Å². The SMILES string of the molecule is Cn1cc(SCC(=O)Nc2cc(N)ccc2F)cn1. The third-order valence-electron chi connectivity index (χ3n) is 2.32. The van der Waals surface area contributed by atoms with Gasteiger partial charge in [-0.1, -0.05) is 0 Å². The second kappa shape index (κ2) is 5.75. The Labute approximate surface area is 114 Å². The predicted molar refractivity (Wildman–Crippen MR) is 73.4 cm³/mol. The quantitative estimate of drug-likeness (QED) is 0.662. The highest BCUT2D eigenvalue weighted by atomic mass is 32.2. The number of nitrogens with one attached hydrogen (secondary N) is 1. The van der Waals surface area contributed by atoms with Crippen LogP contribution in [0.2, 0.25) is 0 Å². The molecule has 0 radical (unpaired) electrons. The lowest BCUT2D eigenvalue weighted by atomic mass is 10.2. The first kappa shape index (κ1) is 13.4. The molecule has 0 saturated heterocycles. The molecular weight excluding hydrogens is 267 g/mol. The van der Waals surface area contributed by atoms with Gasteiger partial charge in [-0.05, 0) is 18.2 Å². The highest BCUT2D eigenvalue weighted by Gasteiger charge is 2.08. The number of aryl methyl sites for hydroxylation is 1. The summed E-state index contributed by atoms with van der Waals surface area (Å²) >= 11 is 1.33. The molecule has 1 amide bonds. The zero-order chi connectivity index (χ0) is 13.8. The lowest BCUT2D eigenvalue weighted by molar-refractivity contribution is -0.113. The smallest absolute Gasteiger partial charge is 0.234 e. The second-order valence-electron chi connectivity index (χ2n) is 3.93. The van der Waals surface area contributed by atoms with E-state index in [0.29, 0.717) is 5.69 Å². The van der Waals surface area contributed by atoms with Gasteiger partial charge in [0.25, 0.3) is 0 Å². The van der Waals surface area contributed by atoms with Gasteiger partial charge in [0.15, 0.2) is 0 Å². The van der Waals surface area contributed by atoms with Crippen LogP contribution in [0.25, 0.3) is 0 Å². The van der Waals surface area contributed by atoms with Crippen molar-refractivity contribution < 1.29 is 9.18 Å². The molecule has 1 aromatic heterocycles. The highest BCUT2D eigenvalue weighted by molar-refractivity contribution is 8.00. The minimum absolute atomic E-state index is 0.0942. The number of carbonyl (C=O) groups excluding carboxylic acids is 1. The molecule has 0 fully saturated rings. The Morgan fingerprint density at radius 3 is 3.05 bits per heavy atom. The van der Waals surface area contributed by atoms with E-state index in [9.17, 15) is 9.18 Å². The molecular formula is C12H13FN4OS. The molecule has 2 rings (SSSR count). The Kier molecular flexibility index (Phi) is 4.06. The highest BCUT2D eigenvalue weighted by Crippen LogP contribution is 2.19. The Balaban J connectivity index is 1.92. The number of nitrogen functional groups attached to an aromatic ring is 1. The number of carbonyl (C=O) groups is 1. The van der Waals surface area contributed by atoms with Crippen molar-refractivity contribution in [3.63, 3.8) is 0 Å². The van der Waals surface area contributed by atoms with E-state index in [-0.39, 0.29) is 17.3 Å². The van der Waals surface area contributed by atoms with Crippen LogP contribution in [0.5, 0.6) is 0 Å².